The number of carbonyl (C=O) groups excluding carboxylic acids is 2. The van der Waals surface area contributed by atoms with Gasteiger partial charge in [0.1, 0.15) is 12.4 Å². The highest BCUT2D eigenvalue weighted by atomic mass is 19.4. The van der Waals surface area contributed by atoms with E-state index in [1.54, 1.807) is 13.8 Å². The quantitative estimate of drug-likeness (QED) is 0.253. The fourth-order valence-electron chi connectivity index (χ4n) is 6.14. The van der Waals surface area contributed by atoms with Gasteiger partial charge < -0.3 is 25.5 Å². The lowest BCUT2D eigenvalue weighted by molar-refractivity contribution is -0.187. The molecule has 4 heterocycles. The molecular formula is C28H26F4N4O5. The van der Waals surface area contributed by atoms with E-state index in [1.165, 1.54) is 16.7 Å². The maximum Gasteiger partial charge on any atom is 0.415 e. The zero-order valence-electron chi connectivity index (χ0n) is 22.3. The highest BCUT2D eigenvalue weighted by Crippen LogP contribution is 2.46. The van der Waals surface area contributed by atoms with Gasteiger partial charge in [0.2, 0.25) is 5.91 Å². The van der Waals surface area contributed by atoms with Crippen LogP contribution in [0.4, 0.5) is 17.6 Å². The van der Waals surface area contributed by atoms with Crippen LogP contribution in [0.1, 0.15) is 66.1 Å². The van der Waals surface area contributed by atoms with Gasteiger partial charge in [-0.25, -0.2) is 14.2 Å². The van der Waals surface area contributed by atoms with Crippen LogP contribution in [-0.2, 0) is 39.5 Å². The minimum atomic E-state index is -5.02. The number of hydrogen-bond acceptors (Lipinski definition) is 7. The van der Waals surface area contributed by atoms with Gasteiger partial charge in [-0.3, -0.25) is 9.59 Å². The predicted molar refractivity (Wildman–Crippen MR) is 137 cm³/mol. The first-order valence-corrected chi connectivity index (χ1v) is 13.1. The van der Waals surface area contributed by atoms with E-state index in [1.807, 2.05) is 0 Å². The number of ether oxygens (including phenoxy) is 1. The van der Waals surface area contributed by atoms with Crippen LogP contribution in [-0.4, -0.2) is 38.2 Å². The number of alkyl halides is 3. The van der Waals surface area contributed by atoms with Gasteiger partial charge in [0, 0.05) is 22.6 Å². The highest BCUT2D eigenvalue weighted by Gasteiger charge is 2.54. The normalized spacial score (nSPS) is 22.5. The van der Waals surface area contributed by atoms with Crippen molar-refractivity contribution in [3.8, 4) is 11.4 Å². The second-order valence-corrected chi connectivity index (χ2v) is 11.1. The third-order valence-corrected chi connectivity index (χ3v) is 8.74. The van der Waals surface area contributed by atoms with Crippen molar-refractivity contribution in [3.63, 3.8) is 0 Å². The molecule has 0 bridgehead atoms. The minimum Gasteiger partial charge on any atom is -0.458 e. The summed E-state index contributed by atoms with van der Waals surface area (Å²) < 4.78 is 62.2. The molecule has 1 aromatic carbocycles. The van der Waals surface area contributed by atoms with Crippen molar-refractivity contribution in [2.45, 2.75) is 76.5 Å². The second kappa shape index (κ2) is 8.58. The first-order valence-electron chi connectivity index (χ1n) is 13.1. The molecule has 0 saturated heterocycles. The number of aromatic nitrogens is 2. The summed E-state index contributed by atoms with van der Waals surface area (Å²) in [6.45, 7) is 3.36. The molecule has 3 aromatic rings. The Labute approximate surface area is 230 Å². The van der Waals surface area contributed by atoms with Gasteiger partial charge in [0.05, 0.1) is 35.1 Å². The van der Waals surface area contributed by atoms with E-state index < -0.39 is 46.6 Å². The average Bonchev–Trinajstić information content (AvgIpc) is 3.28. The third kappa shape index (κ3) is 3.61. The summed E-state index contributed by atoms with van der Waals surface area (Å²) in [5.74, 6) is -2.84. The van der Waals surface area contributed by atoms with Crippen LogP contribution in [0.5, 0.6) is 0 Å². The van der Waals surface area contributed by atoms with Gasteiger partial charge in [0.15, 0.2) is 11.1 Å². The summed E-state index contributed by atoms with van der Waals surface area (Å²) in [7, 11) is 0. The monoisotopic (exact) mass is 574 g/mol. The number of nitrogens with two attached hydrogens (primary N) is 1. The van der Waals surface area contributed by atoms with Crippen molar-refractivity contribution < 1.29 is 37.0 Å². The van der Waals surface area contributed by atoms with E-state index in [4.69, 9.17) is 10.5 Å². The van der Waals surface area contributed by atoms with Crippen molar-refractivity contribution >= 4 is 22.8 Å². The number of benzene rings is 1. The standard InChI is InChI=1S/C28H26F4N4O5/c1-4-27(40)15-7-19-22-13(9-36(19)23(37)14(15)10-41-25(27)39)21-17(35-24(38)26(3,33)28(30,31)32)6-5-12-11(2)16(29)8-18(34-22)20(12)21/h7-8,17,40H,4-6,9-10,33H2,1-3H3,(H,35,38). The van der Waals surface area contributed by atoms with Crippen molar-refractivity contribution in [2.24, 2.45) is 5.73 Å². The van der Waals surface area contributed by atoms with Crippen LogP contribution in [0, 0.1) is 12.7 Å². The number of cyclic esters (lactones) is 1. The lowest BCUT2D eigenvalue weighted by atomic mass is 9.81. The topological polar surface area (TPSA) is 137 Å². The van der Waals surface area contributed by atoms with E-state index in [0.29, 0.717) is 34.6 Å². The number of nitrogens with one attached hydrogen (secondary N) is 1. The number of carbonyl (C=O) groups is 2. The van der Waals surface area contributed by atoms with Gasteiger partial charge in [-0.05, 0) is 55.9 Å². The molecule has 13 heteroatoms. The summed E-state index contributed by atoms with van der Waals surface area (Å²) in [6.07, 6.45) is -4.67. The number of aryl methyl sites for hydroxylation is 1. The minimum absolute atomic E-state index is 0.0467. The maximum atomic E-state index is 15.0. The van der Waals surface area contributed by atoms with Gasteiger partial charge in [0.25, 0.3) is 5.56 Å². The molecule has 3 aliphatic rings. The van der Waals surface area contributed by atoms with Crippen molar-refractivity contribution in [2.75, 3.05) is 0 Å². The Bertz CT molecular complexity index is 1760. The Morgan fingerprint density at radius 1 is 1.27 bits per heavy atom. The number of halogens is 4. The maximum absolute atomic E-state index is 15.0. The van der Waals surface area contributed by atoms with Crippen molar-refractivity contribution in [3.05, 3.63) is 61.7 Å². The molecule has 6 rings (SSSR count). The molecule has 1 aliphatic carbocycles. The smallest absolute Gasteiger partial charge is 0.415 e. The summed E-state index contributed by atoms with van der Waals surface area (Å²) in [5, 5.41) is 14.1. The predicted octanol–water partition coefficient (Wildman–Crippen LogP) is 2.91. The molecular weight excluding hydrogens is 548 g/mol. The molecule has 1 amide bonds. The summed E-state index contributed by atoms with van der Waals surface area (Å²) in [5.41, 5.74) is 2.38. The van der Waals surface area contributed by atoms with Crippen LogP contribution >= 0.6 is 0 Å². The molecule has 4 N–H and O–H groups in total. The van der Waals surface area contributed by atoms with Gasteiger partial charge in [-0.2, -0.15) is 13.2 Å². The second-order valence-electron chi connectivity index (χ2n) is 11.1. The number of amides is 1. The van der Waals surface area contributed by atoms with Gasteiger partial charge in [-0.1, -0.05) is 6.92 Å². The number of nitrogens with zero attached hydrogens (tertiary/aromatic N) is 2. The molecule has 9 nitrogen and oxygen atoms in total. The van der Waals surface area contributed by atoms with Crippen LogP contribution in [0.2, 0.25) is 0 Å². The van der Waals surface area contributed by atoms with E-state index in [0.717, 1.165) is 0 Å². The van der Waals surface area contributed by atoms with Gasteiger partial charge >= 0.3 is 12.1 Å². The Morgan fingerprint density at radius 2 is 1.98 bits per heavy atom. The molecule has 216 valence electrons. The van der Waals surface area contributed by atoms with E-state index in [-0.39, 0.29) is 60.4 Å². The number of pyridine rings is 2. The third-order valence-electron chi connectivity index (χ3n) is 8.74. The molecule has 0 radical (unpaired) electrons. The summed E-state index contributed by atoms with van der Waals surface area (Å²) in [4.78, 5) is 43.6. The number of fused-ring (bicyclic) bond motifs is 5. The Morgan fingerprint density at radius 3 is 2.63 bits per heavy atom. The zero-order valence-corrected chi connectivity index (χ0v) is 22.3. The molecule has 0 saturated carbocycles. The first-order chi connectivity index (χ1) is 19.1. The summed E-state index contributed by atoms with van der Waals surface area (Å²) >= 11 is 0. The lowest BCUT2D eigenvalue weighted by Crippen LogP contribution is -2.61. The van der Waals surface area contributed by atoms with Crippen molar-refractivity contribution in [1.82, 2.24) is 14.9 Å². The van der Waals surface area contributed by atoms with Crippen LogP contribution < -0.4 is 16.6 Å². The SMILES string of the molecule is CCC1(O)C(=O)OCc2c1cc1n(c2=O)Cc2c-1nc1cc(F)c(C)c3c1c2C(NC(=O)C(C)(N)C(F)(F)F)CC3. The molecule has 2 aromatic heterocycles. The Balaban J connectivity index is 1.60. The van der Waals surface area contributed by atoms with Crippen LogP contribution in [0.15, 0.2) is 16.9 Å². The molecule has 3 unspecified atom stereocenters. The molecule has 0 spiro atoms. The zero-order chi connectivity index (χ0) is 29.8. The molecule has 0 fully saturated rings. The first kappa shape index (κ1) is 27.3. The van der Waals surface area contributed by atoms with E-state index in [2.05, 4.69) is 10.3 Å². The fourth-order valence-corrected chi connectivity index (χ4v) is 6.14. The average molecular weight is 575 g/mol. The molecule has 41 heavy (non-hydrogen) atoms. The lowest BCUT2D eigenvalue weighted by Gasteiger charge is -2.33. The van der Waals surface area contributed by atoms with E-state index in [9.17, 15) is 37.1 Å². The van der Waals surface area contributed by atoms with Crippen LogP contribution in [0.3, 0.4) is 0 Å². The fraction of sp³-hybridized carbons (Fsp3) is 0.429. The van der Waals surface area contributed by atoms with Crippen LogP contribution in [0.25, 0.3) is 22.3 Å². The number of hydrogen-bond donors (Lipinski definition) is 3. The Kier molecular flexibility index (Phi) is 5.72. The highest BCUT2D eigenvalue weighted by molar-refractivity contribution is 5.94. The molecule has 2 aliphatic heterocycles. The number of rotatable bonds is 3. The Hall–Kier alpha value is -3.84. The summed E-state index contributed by atoms with van der Waals surface area (Å²) in [6, 6.07) is 1.76. The number of esters is 1. The van der Waals surface area contributed by atoms with Gasteiger partial charge in [-0.15, -0.1) is 0 Å². The van der Waals surface area contributed by atoms with Crippen molar-refractivity contribution in [1.29, 1.82) is 0 Å². The largest absolute Gasteiger partial charge is 0.458 e. The van der Waals surface area contributed by atoms with E-state index >= 15 is 0 Å². The molecule has 3 atom stereocenters. The number of aliphatic hydroxyl groups is 1.